The lowest BCUT2D eigenvalue weighted by atomic mass is 9.88. The Bertz CT molecular complexity index is 1040. The number of fused-ring (bicyclic) bond motifs is 1. The molecule has 146 valence electrons. The van der Waals surface area contributed by atoms with Gasteiger partial charge in [0.15, 0.2) is 5.60 Å². The van der Waals surface area contributed by atoms with Gasteiger partial charge in [-0.3, -0.25) is 14.5 Å². The molecule has 0 aromatic heterocycles. The molecule has 0 aliphatic carbocycles. The fraction of sp³-hybridized carbons (Fsp3) is 0.167. The van der Waals surface area contributed by atoms with E-state index < -0.39 is 11.5 Å². The molecule has 1 atom stereocenters. The van der Waals surface area contributed by atoms with Gasteiger partial charge in [0.1, 0.15) is 6.54 Å². The highest BCUT2D eigenvalue weighted by Crippen LogP contribution is 2.44. The first-order chi connectivity index (χ1) is 14.1. The van der Waals surface area contributed by atoms with Crippen LogP contribution in [-0.2, 0) is 15.2 Å². The fourth-order valence-electron chi connectivity index (χ4n) is 3.88. The molecule has 0 unspecified atom stereocenters. The minimum atomic E-state index is -1.80. The third-order valence-electron chi connectivity index (χ3n) is 5.31. The third kappa shape index (κ3) is 3.09. The quantitative estimate of drug-likeness (QED) is 0.732. The molecule has 3 aromatic rings. The van der Waals surface area contributed by atoms with Crippen LogP contribution in [0.4, 0.5) is 11.4 Å². The van der Waals surface area contributed by atoms with E-state index in [9.17, 15) is 14.7 Å². The van der Waals surface area contributed by atoms with E-state index in [-0.39, 0.29) is 12.5 Å². The van der Waals surface area contributed by atoms with Crippen molar-refractivity contribution in [2.75, 3.05) is 22.9 Å². The summed E-state index contributed by atoms with van der Waals surface area (Å²) in [6, 6.07) is 25.3. The molecular weight excluding hydrogens is 364 g/mol. The van der Waals surface area contributed by atoms with E-state index >= 15 is 0 Å². The Hall–Kier alpha value is -3.44. The van der Waals surface area contributed by atoms with E-state index in [0.717, 1.165) is 5.69 Å². The number of benzene rings is 3. The van der Waals surface area contributed by atoms with E-state index in [2.05, 4.69) is 0 Å². The third-order valence-corrected chi connectivity index (χ3v) is 5.31. The molecule has 0 spiro atoms. The van der Waals surface area contributed by atoms with Crippen molar-refractivity contribution < 1.29 is 14.7 Å². The molecule has 1 aliphatic rings. The summed E-state index contributed by atoms with van der Waals surface area (Å²) in [4.78, 5) is 29.5. The molecule has 29 heavy (non-hydrogen) atoms. The molecule has 0 saturated heterocycles. The lowest BCUT2D eigenvalue weighted by molar-refractivity contribution is -0.133. The Labute approximate surface area is 169 Å². The van der Waals surface area contributed by atoms with Gasteiger partial charge in [-0.2, -0.15) is 0 Å². The van der Waals surface area contributed by atoms with Gasteiger partial charge in [0, 0.05) is 17.8 Å². The largest absolute Gasteiger partial charge is 0.372 e. The molecule has 5 nitrogen and oxygen atoms in total. The Kier molecular flexibility index (Phi) is 4.91. The van der Waals surface area contributed by atoms with Crippen LogP contribution in [-0.4, -0.2) is 30.0 Å². The second-order valence-electron chi connectivity index (χ2n) is 6.96. The predicted molar refractivity (Wildman–Crippen MR) is 113 cm³/mol. The minimum absolute atomic E-state index is 0.145. The molecule has 0 fully saturated rings. The van der Waals surface area contributed by atoms with Gasteiger partial charge in [0.2, 0.25) is 5.91 Å². The average molecular weight is 386 g/mol. The Morgan fingerprint density at radius 2 is 1.52 bits per heavy atom. The first-order valence-electron chi connectivity index (χ1n) is 9.62. The number of rotatable bonds is 5. The SMILES string of the molecule is CCN(C(=O)CN1C(=O)[C@](O)(c2ccccc2)c2ccccc21)c1ccccc1. The van der Waals surface area contributed by atoms with E-state index in [1.165, 1.54) is 4.90 Å². The Morgan fingerprint density at radius 1 is 0.931 bits per heavy atom. The van der Waals surface area contributed by atoms with Crippen LogP contribution in [0.25, 0.3) is 0 Å². The molecule has 5 heteroatoms. The second-order valence-corrected chi connectivity index (χ2v) is 6.96. The Balaban J connectivity index is 1.70. The lowest BCUT2D eigenvalue weighted by Crippen LogP contribution is -2.46. The number of amides is 2. The average Bonchev–Trinajstić information content (AvgIpc) is 2.99. The maximum Gasteiger partial charge on any atom is 0.268 e. The van der Waals surface area contributed by atoms with Crippen LogP contribution in [0.1, 0.15) is 18.1 Å². The van der Waals surface area contributed by atoms with Gasteiger partial charge in [-0.25, -0.2) is 0 Å². The summed E-state index contributed by atoms with van der Waals surface area (Å²) in [6.45, 7) is 2.23. The van der Waals surface area contributed by atoms with Gasteiger partial charge >= 0.3 is 0 Å². The van der Waals surface area contributed by atoms with Crippen LogP contribution in [0.5, 0.6) is 0 Å². The molecule has 0 bridgehead atoms. The number of carbonyl (C=O) groups excluding carboxylic acids is 2. The van der Waals surface area contributed by atoms with Gasteiger partial charge < -0.3 is 10.0 Å². The summed E-state index contributed by atoms with van der Waals surface area (Å²) in [6.07, 6.45) is 0. The zero-order valence-corrected chi connectivity index (χ0v) is 16.2. The standard InChI is InChI=1S/C24H22N2O3/c1-2-25(19-13-7-4-8-14-19)22(27)17-26-21-16-10-9-15-20(21)24(29,23(26)28)18-11-5-3-6-12-18/h3-16,29H,2,17H2,1H3/t24-/m0/s1. The minimum Gasteiger partial charge on any atom is -0.372 e. The van der Waals surface area contributed by atoms with Gasteiger partial charge in [-0.1, -0.05) is 66.7 Å². The number of likely N-dealkylation sites (N-methyl/N-ethyl adjacent to an activating group) is 1. The van der Waals surface area contributed by atoms with Crippen molar-refractivity contribution in [3.05, 3.63) is 96.1 Å². The number of nitrogens with zero attached hydrogens (tertiary/aromatic N) is 2. The van der Waals surface area contributed by atoms with Crippen LogP contribution in [0, 0.1) is 0 Å². The monoisotopic (exact) mass is 386 g/mol. The van der Waals surface area contributed by atoms with Crippen LogP contribution < -0.4 is 9.80 Å². The summed E-state index contributed by atoms with van der Waals surface area (Å²) in [5.74, 6) is -0.721. The summed E-state index contributed by atoms with van der Waals surface area (Å²) < 4.78 is 0. The summed E-state index contributed by atoms with van der Waals surface area (Å²) in [7, 11) is 0. The smallest absolute Gasteiger partial charge is 0.268 e. The van der Waals surface area contributed by atoms with Crippen LogP contribution in [0.15, 0.2) is 84.9 Å². The summed E-state index contributed by atoms with van der Waals surface area (Å²) >= 11 is 0. The van der Waals surface area contributed by atoms with Crippen molar-refractivity contribution in [3.63, 3.8) is 0 Å². The molecule has 3 aromatic carbocycles. The summed E-state index contributed by atoms with van der Waals surface area (Å²) in [5, 5.41) is 11.5. The molecule has 1 N–H and O–H groups in total. The lowest BCUT2D eigenvalue weighted by Gasteiger charge is -2.26. The highest BCUT2D eigenvalue weighted by atomic mass is 16.3. The maximum atomic E-state index is 13.4. The number of hydrogen-bond acceptors (Lipinski definition) is 3. The molecule has 1 aliphatic heterocycles. The van der Waals surface area contributed by atoms with Crippen LogP contribution in [0.2, 0.25) is 0 Å². The molecule has 4 rings (SSSR count). The van der Waals surface area contributed by atoms with Crippen molar-refractivity contribution in [1.29, 1.82) is 0 Å². The zero-order valence-electron chi connectivity index (χ0n) is 16.2. The molecule has 0 saturated carbocycles. The van der Waals surface area contributed by atoms with Gasteiger partial charge in [0.25, 0.3) is 5.91 Å². The van der Waals surface area contributed by atoms with Crippen LogP contribution in [0.3, 0.4) is 0 Å². The van der Waals surface area contributed by atoms with Crippen molar-refractivity contribution in [1.82, 2.24) is 0 Å². The topological polar surface area (TPSA) is 60.9 Å². The molecule has 1 heterocycles. The zero-order chi connectivity index (χ0) is 20.4. The fourth-order valence-corrected chi connectivity index (χ4v) is 3.88. The van der Waals surface area contributed by atoms with Gasteiger partial charge in [-0.05, 0) is 30.7 Å². The van der Waals surface area contributed by atoms with E-state index in [1.54, 1.807) is 53.4 Å². The molecule has 2 amide bonds. The number of anilines is 2. The van der Waals surface area contributed by atoms with Crippen molar-refractivity contribution in [3.8, 4) is 0 Å². The molecular formula is C24H22N2O3. The van der Waals surface area contributed by atoms with Crippen molar-refractivity contribution in [2.45, 2.75) is 12.5 Å². The van der Waals surface area contributed by atoms with Gasteiger partial charge in [-0.15, -0.1) is 0 Å². The normalized spacial score (nSPS) is 17.9. The first kappa shape index (κ1) is 18.9. The first-order valence-corrected chi connectivity index (χ1v) is 9.62. The maximum absolute atomic E-state index is 13.4. The highest BCUT2D eigenvalue weighted by molar-refractivity contribution is 6.13. The predicted octanol–water partition coefficient (Wildman–Crippen LogP) is 3.32. The molecule has 0 radical (unpaired) electrons. The van der Waals surface area contributed by atoms with Gasteiger partial charge in [0.05, 0.1) is 5.69 Å². The number of para-hydroxylation sites is 2. The van der Waals surface area contributed by atoms with E-state index in [0.29, 0.717) is 23.4 Å². The number of carbonyl (C=O) groups is 2. The number of aliphatic hydroxyl groups is 1. The van der Waals surface area contributed by atoms with E-state index in [1.807, 2.05) is 43.3 Å². The van der Waals surface area contributed by atoms with Crippen LogP contribution >= 0.6 is 0 Å². The van der Waals surface area contributed by atoms with Crippen molar-refractivity contribution in [2.24, 2.45) is 0 Å². The second kappa shape index (κ2) is 7.53. The highest BCUT2D eigenvalue weighted by Gasteiger charge is 2.51. The van der Waals surface area contributed by atoms with E-state index in [4.69, 9.17) is 0 Å². The summed E-state index contributed by atoms with van der Waals surface area (Å²) in [5.41, 5.74) is 0.510. The Morgan fingerprint density at radius 3 is 2.17 bits per heavy atom. The van der Waals surface area contributed by atoms with Crippen molar-refractivity contribution >= 4 is 23.2 Å². The number of hydrogen-bond donors (Lipinski definition) is 1.